The highest BCUT2D eigenvalue weighted by molar-refractivity contribution is 5.94. The Bertz CT molecular complexity index is 1120. The Balaban J connectivity index is 1.71. The number of rotatable bonds is 8. The average Bonchev–Trinajstić information content (AvgIpc) is 2.88. The van der Waals surface area contributed by atoms with E-state index in [1.54, 1.807) is 49.9 Å². The van der Waals surface area contributed by atoms with Crippen LogP contribution in [0.3, 0.4) is 0 Å². The van der Waals surface area contributed by atoms with Crippen LogP contribution in [0.15, 0.2) is 60.7 Å². The van der Waals surface area contributed by atoms with Gasteiger partial charge in [0.05, 0.1) is 5.41 Å². The third kappa shape index (κ3) is 7.34. The van der Waals surface area contributed by atoms with Crippen molar-refractivity contribution in [3.63, 3.8) is 0 Å². The van der Waals surface area contributed by atoms with Gasteiger partial charge in [0, 0.05) is 19.5 Å². The van der Waals surface area contributed by atoms with E-state index in [0.717, 1.165) is 11.1 Å². The number of ether oxygens (including phenoxy) is 1. The highest BCUT2D eigenvalue weighted by Crippen LogP contribution is 2.36. The van der Waals surface area contributed by atoms with Crippen molar-refractivity contribution in [1.29, 1.82) is 0 Å². The minimum Gasteiger partial charge on any atom is -0.480 e. The number of carboxylic acid groups (broad SMARTS) is 1. The number of likely N-dealkylation sites (tertiary alicyclic amines) is 1. The normalized spacial score (nSPS) is 16.6. The van der Waals surface area contributed by atoms with Crippen molar-refractivity contribution in [3.8, 4) is 0 Å². The highest BCUT2D eigenvalue weighted by Gasteiger charge is 2.45. The predicted octanol–water partition coefficient (Wildman–Crippen LogP) is 3.27. The van der Waals surface area contributed by atoms with Gasteiger partial charge in [-0.05, 0) is 51.7 Å². The number of amides is 3. The van der Waals surface area contributed by atoms with Crippen LogP contribution in [0, 0.1) is 0 Å². The van der Waals surface area contributed by atoms with E-state index < -0.39 is 41.1 Å². The molecular formula is C29H37N3O6. The Kier molecular flexibility index (Phi) is 9.14. The number of aliphatic carboxylic acids is 1. The van der Waals surface area contributed by atoms with Gasteiger partial charge in [-0.3, -0.25) is 9.59 Å². The molecule has 0 bridgehead atoms. The Morgan fingerprint density at radius 3 is 2.03 bits per heavy atom. The standard InChI is InChI=1S/C29H37N3O6/c1-20(24(33)31-23(25(34)35)19-21-11-7-5-8-12-21)30-26(36)29(22-13-9-6-10-14-22)15-17-32(18-16-29)27(37)38-28(2,3)4/h5-14,20,23H,15-19H2,1-4H3,(H,30,36)(H,31,33)(H,34,35)/t20-,23-/m0/s1. The average molecular weight is 524 g/mol. The van der Waals surface area contributed by atoms with Crippen LogP contribution in [-0.4, -0.2) is 64.7 Å². The number of hydrogen-bond acceptors (Lipinski definition) is 5. The first-order chi connectivity index (χ1) is 17.9. The molecule has 1 heterocycles. The summed E-state index contributed by atoms with van der Waals surface area (Å²) in [5, 5.41) is 15.0. The first-order valence-corrected chi connectivity index (χ1v) is 12.8. The van der Waals surface area contributed by atoms with Gasteiger partial charge in [0.15, 0.2) is 0 Å². The Morgan fingerprint density at radius 1 is 0.947 bits per heavy atom. The zero-order chi connectivity index (χ0) is 27.9. The van der Waals surface area contributed by atoms with Gasteiger partial charge in [-0.25, -0.2) is 9.59 Å². The van der Waals surface area contributed by atoms with E-state index >= 15 is 0 Å². The molecule has 1 aliphatic rings. The maximum atomic E-state index is 13.7. The van der Waals surface area contributed by atoms with Gasteiger partial charge >= 0.3 is 12.1 Å². The van der Waals surface area contributed by atoms with Crippen LogP contribution in [0.5, 0.6) is 0 Å². The van der Waals surface area contributed by atoms with Gasteiger partial charge in [0.2, 0.25) is 11.8 Å². The van der Waals surface area contributed by atoms with Crippen molar-refractivity contribution < 1.29 is 29.0 Å². The minimum absolute atomic E-state index is 0.122. The summed E-state index contributed by atoms with van der Waals surface area (Å²) in [4.78, 5) is 52.6. The molecule has 1 aliphatic heterocycles. The fraction of sp³-hybridized carbons (Fsp3) is 0.448. The predicted molar refractivity (Wildman–Crippen MR) is 142 cm³/mol. The monoisotopic (exact) mass is 523 g/mol. The quantitative estimate of drug-likeness (QED) is 0.488. The molecule has 0 aliphatic carbocycles. The molecule has 2 aromatic carbocycles. The number of nitrogens with one attached hydrogen (secondary N) is 2. The maximum absolute atomic E-state index is 13.7. The molecule has 0 unspecified atom stereocenters. The molecule has 0 saturated carbocycles. The summed E-state index contributed by atoms with van der Waals surface area (Å²) >= 11 is 0. The first-order valence-electron chi connectivity index (χ1n) is 12.8. The summed E-state index contributed by atoms with van der Waals surface area (Å²) in [5.41, 5.74) is -0.0116. The zero-order valence-electron chi connectivity index (χ0n) is 22.4. The number of piperidine rings is 1. The Labute approximate surface area is 223 Å². The lowest BCUT2D eigenvalue weighted by molar-refractivity contribution is -0.142. The molecule has 0 radical (unpaired) electrons. The smallest absolute Gasteiger partial charge is 0.410 e. The number of nitrogens with zero attached hydrogens (tertiary/aromatic N) is 1. The Morgan fingerprint density at radius 2 is 1.50 bits per heavy atom. The van der Waals surface area contributed by atoms with E-state index in [9.17, 15) is 24.3 Å². The summed E-state index contributed by atoms with van der Waals surface area (Å²) < 4.78 is 5.49. The van der Waals surface area contributed by atoms with Crippen LogP contribution in [0.25, 0.3) is 0 Å². The second kappa shape index (κ2) is 12.1. The molecule has 9 nitrogen and oxygen atoms in total. The van der Waals surface area contributed by atoms with Crippen molar-refractivity contribution in [1.82, 2.24) is 15.5 Å². The van der Waals surface area contributed by atoms with E-state index in [1.165, 1.54) is 6.92 Å². The molecule has 204 valence electrons. The van der Waals surface area contributed by atoms with Gasteiger partial charge in [-0.2, -0.15) is 0 Å². The summed E-state index contributed by atoms with van der Waals surface area (Å²) in [6, 6.07) is 16.2. The molecule has 3 rings (SSSR count). The molecule has 3 amide bonds. The third-order valence-electron chi connectivity index (χ3n) is 6.67. The fourth-order valence-electron chi connectivity index (χ4n) is 4.55. The SMILES string of the molecule is C[C@H](NC(=O)C1(c2ccccc2)CCN(C(=O)OC(C)(C)C)CC1)C(=O)N[C@@H](Cc1ccccc1)C(=O)O. The van der Waals surface area contributed by atoms with Crippen LogP contribution < -0.4 is 10.6 Å². The lowest BCUT2D eigenvalue weighted by atomic mass is 9.72. The summed E-state index contributed by atoms with van der Waals surface area (Å²) in [5.74, 6) is -2.09. The maximum Gasteiger partial charge on any atom is 0.410 e. The second-order valence-electron chi connectivity index (χ2n) is 10.7. The minimum atomic E-state index is -1.16. The van der Waals surface area contributed by atoms with Crippen LogP contribution in [0.4, 0.5) is 4.79 Å². The van der Waals surface area contributed by atoms with Gasteiger partial charge in [0.25, 0.3) is 0 Å². The van der Waals surface area contributed by atoms with Crippen molar-refractivity contribution in [3.05, 3.63) is 71.8 Å². The van der Waals surface area contributed by atoms with Crippen molar-refractivity contribution in [2.75, 3.05) is 13.1 Å². The number of benzene rings is 2. The van der Waals surface area contributed by atoms with Gasteiger partial charge in [-0.1, -0.05) is 60.7 Å². The van der Waals surface area contributed by atoms with E-state index in [4.69, 9.17) is 4.74 Å². The second-order valence-corrected chi connectivity index (χ2v) is 10.7. The lowest BCUT2D eigenvalue weighted by Crippen LogP contribution is -2.57. The molecular weight excluding hydrogens is 486 g/mol. The molecule has 38 heavy (non-hydrogen) atoms. The molecule has 0 spiro atoms. The Hall–Kier alpha value is -3.88. The summed E-state index contributed by atoms with van der Waals surface area (Å²) in [7, 11) is 0. The topological polar surface area (TPSA) is 125 Å². The summed E-state index contributed by atoms with van der Waals surface area (Å²) in [6.45, 7) is 7.57. The fourth-order valence-corrected chi connectivity index (χ4v) is 4.55. The van der Waals surface area contributed by atoms with E-state index in [0.29, 0.717) is 25.9 Å². The van der Waals surface area contributed by atoms with Crippen LogP contribution in [0.1, 0.15) is 51.7 Å². The first kappa shape index (κ1) is 28.7. The van der Waals surface area contributed by atoms with Crippen LogP contribution in [-0.2, 0) is 31.0 Å². The zero-order valence-corrected chi connectivity index (χ0v) is 22.4. The number of hydrogen-bond donors (Lipinski definition) is 3. The van der Waals surface area contributed by atoms with Gasteiger partial charge < -0.3 is 25.4 Å². The van der Waals surface area contributed by atoms with Crippen molar-refractivity contribution in [2.24, 2.45) is 0 Å². The number of carbonyl (C=O) groups is 4. The number of carbonyl (C=O) groups excluding carboxylic acids is 3. The number of carboxylic acids is 1. The lowest BCUT2D eigenvalue weighted by Gasteiger charge is -2.41. The van der Waals surface area contributed by atoms with E-state index in [1.807, 2.05) is 36.4 Å². The van der Waals surface area contributed by atoms with Crippen molar-refractivity contribution in [2.45, 2.75) is 70.1 Å². The van der Waals surface area contributed by atoms with E-state index in [-0.39, 0.29) is 12.3 Å². The molecule has 0 aromatic heterocycles. The molecule has 3 N–H and O–H groups in total. The van der Waals surface area contributed by atoms with Crippen molar-refractivity contribution >= 4 is 23.9 Å². The third-order valence-corrected chi connectivity index (χ3v) is 6.67. The van der Waals surface area contributed by atoms with Crippen LogP contribution in [0.2, 0.25) is 0 Å². The summed E-state index contributed by atoms with van der Waals surface area (Å²) in [6.07, 6.45) is 0.395. The van der Waals surface area contributed by atoms with Crippen LogP contribution >= 0.6 is 0 Å². The molecule has 2 atom stereocenters. The van der Waals surface area contributed by atoms with Gasteiger partial charge in [-0.15, -0.1) is 0 Å². The highest BCUT2D eigenvalue weighted by atomic mass is 16.6. The van der Waals surface area contributed by atoms with Gasteiger partial charge in [0.1, 0.15) is 17.7 Å². The largest absolute Gasteiger partial charge is 0.480 e. The molecule has 9 heteroatoms. The molecule has 2 aromatic rings. The molecule has 1 saturated heterocycles. The molecule has 1 fully saturated rings. The van der Waals surface area contributed by atoms with E-state index in [2.05, 4.69) is 10.6 Å².